The highest BCUT2D eigenvalue weighted by atomic mass is 19.1. The van der Waals surface area contributed by atoms with Crippen molar-refractivity contribution in [2.75, 3.05) is 6.54 Å². The highest BCUT2D eigenvalue weighted by Gasteiger charge is 2.48. The van der Waals surface area contributed by atoms with Crippen molar-refractivity contribution in [3.8, 4) is 0 Å². The molecule has 1 saturated heterocycles. The molecule has 3 heterocycles. The maximum absolute atomic E-state index is 13.4. The zero-order valence-corrected chi connectivity index (χ0v) is 17.3. The number of carboxylic acid groups (broad SMARTS) is 1. The molecule has 164 valence electrons. The number of fused-ring (bicyclic) bond motifs is 4. The molecule has 0 spiro atoms. The number of hydrogen-bond donors (Lipinski definition) is 1. The lowest BCUT2D eigenvalue weighted by Gasteiger charge is -2.28. The van der Waals surface area contributed by atoms with Gasteiger partial charge in [-0.1, -0.05) is 30.3 Å². The molecule has 0 bridgehead atoms. The van der Waals surface area contributed by atoms with Gasteiger partial charge in [0.2, 0.25) is 0 Å². The van der Waals surface area contributed by atoms with Gasteiger partial charge in [-0.2, -0.15) is 0 Å². The van der Waals surface area contributed by atoms with Gasteiger partial charge in [0.1, 0.15) is 11.9 Å². The molecule has 3 amide bonds. The molecule has 5 rings (SSSR count). The molecule has 1 aromatic heterocycles. The molecule has 0 saturated carbocycles. The second kappa shape index (κ2) is 7.78. The minimum Gasteiger partial charge on any atom is -0.481 e. The Bertz CT molecular complexity index is 1230. The lowest BCUT2D eigenvalue weighted by atomic mass is 9.97. The number of aromatic nitrogens is 1. The lowest BCUT2D eigenvalue weighted by molar-refractivity contribution is -0.137. The van der Waals surface area contributed by atoms with Crippen LogP contribution in [0.5, 0.6) is 0 Å². The average molecular weight is 435 g/mol. The fraction of sp³-hybridized carbons (Fsp3) is 0.292. The third-order valence-corrected chi connectivity index (χ3v) is 6.34. The second-order valence-electron chi connectivity index (χ2n) is 8.27. The summed E-state index contributed by atoms with van der Waals surface area (Å²) in [7, 11) is 0. The number of hydrogen-bond acceptors (Lipinski definition) is 3. The molecular weight excluding hydrogens is 413 g/mol. The van der Waals surface area contributed by atoms with Gasteiger partial charge in [0.05, 0.1) is 6.54 Å². The van der Waals surface area contributed by atoms with E-state index in [1.807, 2.05) is 24.3 Å². The first kappa shape index (κ1) is 20.2. The van der Waals surface area contributed by atoms with E-state index in [0.717, 1.165) is 27.7 Å². The molecule has 2 aromatic carbocycles. The molecule has 32 heavy (non-hydrogen) atoms. The van der Waals surface area contributed by atoms with Gasteiger partial charge >= 0.3 is 12.0 Å². The van der Waals surface area contributed by atoms with Crippen LogP contribution in [-0.4, -0.2) is 50.0 Å². The van der Waals surface area contributed by atoms with Gasteiger partial charge in [-0.3, -0.25) is 14.5 Å². The number of nitrogens with zero attached hydrogens (tertiary/aromatic N) is 3. The van der Waals surface area contributed by atoms with Gasteiger partial charge in [0.25, 0.3) is 5.91 Å². The molecular formula is C24H22FN3O4. The quantitative estimate of drug-likeness (QED) is 0.602. The van der Waals surface area contributed by atoms with Crippen LogP contribution in [-0.2, 0) is 29.1 Å². The van der Waals surface area contributed by atoms with E-state index in [1.165, 1.54) is 17.0 Å². The summed E-state index contributed by atoms with van der Waals surface area (Å²) in [5.74, 6) is -1.50. The highest BCUT2D eigenvalue weighted by Crippen LogP contribution is 2.36. The van der Waals surface area contributed by atoms with Gasteiger partial charge in [0.15, 0.2) is 0 Å². The van der Waals surface area contributed by atoms with Crippen molar-refractivity contribution in [3.05, 3.63) is 71.2 Å². The van der Waals surface area contributed by atoms with Crippen LogP contribution in [0.25, 0.3) is 10.9 Å². The van der Waals surface area contributed by atoms with Crippen LogP contribution in [0.3, 0.4) is 0 Å². The van der Waals surface area contributed by atoms with E-state index in [9.17, 15) is 18.8 Å². The van der Waals surface area contributed by atoms with Crippen molar-refractivity contribution in [2.45, 2.75) is 38.4 Å². The maximum atomic E-state index is 13.4. The monoisotopic (exact) mass is 435 g/mol. The van der Waals surface area contributed by atoms with E-state index in [4.69, 9.17) is 5.11 Å². The molecule has 0 aliphatic carbocycles. The van der Waals surface area contributed by atoms with Crippen molar-refractivity contribution in [2.24, 2.45) is 0 Å². The van der Waals surface area contributed by atoms with E-state index in [1.54, 1.807) is 17.0 Å². The van der Waals surface area contributed by atoms with E-state index < -0.39 is 12.0 Å². The third-order valence-electron chi connectivity index (χ3n) is 6.34. The summed E-state index contributed by atoms with van der Waals surface area (Å²) in [5, 5.41) is 9.91. The molecule has 8 heteroatoms. The summed E-state index contributed by atoms with van der Waals surface area (Å²) in [4.78, 5) is 39.6. The number of carboxylic acids is 1. The fourth-order valence-corrected chi connectivity index (χ4v) is 4.81. The van der Waals surface area contributed by atoms with Crippen molar-refractivity contribution in [1.82, 2.24) is 14.4 Å². The summed E-state index contributed by atoms with van der Waals surface area (Å²) in [5.41, 5.74) is 3.98. The molecule has 1 fully saturated rings. The van der Waals surface area contributed by atoms with Crippen molar-refractivity contribution >= 4 is 28.8 Å². The average Bonchev–Trinajstić information content (AvgIpc) is 3.21. The third kappa shape index (κ3) is 3.32. The highest BCUT2D eigenvalue weighted by molar-refractivity contribution is 6.05. The minimum atomic E-state index is -0.949. The number of amides is 3. The largest absolute Gasteiger partial charge is 0.481 e. The van der Waals surface area contributed by atoms with Crippen LogP contribution in [0.1, 0.15) is 29.7 Å². The Kier molecular flexibility index (Phi) is 4.92. The van der Waals surface area contributed by atoms with Crippen LogP contribution in [0.4, 0.5) is 9.18 Å². The summed E-state index contributed by atoms with van der Waals surface area (Å²) < 4.78 is 15.5. The number of halogens is 1. The summed E-state index contributed by atoms with van der Waals surface area (Å²) in [6.07, 6.45) is 0.571. The zero-order chi connectivity index (χ0) is 22.4. The Labute approximate surface area is 183 Å². The first-order valence-corrected chi connectivity index (χ1v) is 10.6. The first-order chi connectivity index (χ1) is 15.4. The van der Waals surface area contributed by atoms with Gasteiger partial charge in [-0.05, 0) is 35.7 Å². The SMILES string of the molecule is O=C(O)CCCN1C(=O)[C@@H]2Cc3c(n(Cc4ccc(F)cc4)c4ccccc34)CN2C1=O. The van der Waals surface area contributed by atoms with Crippen molar-refractivity contribution in [3.63, 3.8) is 0 Å². The van der Waals surface area contributed by atoms with E-state index >= 15 is 0 Å². The number of aliphatic carboxylic acids is 1. The Hall–Kier alpha value is -3.68. The maximum Gasteiger partial charge on any atom is 0.327 e. The molecule has 1 N–H and O–H groups in total. The van der Waals surface area contributed by atoms with Gasteiger partial charge in [-0.25, -0.2) is 9.18 Å². The number of urea groups is 1. The molecule has 0 unspecified atom stereocenters. The molecule has 7 nitrogen and oxygen atoms in total. The normalized spacial score (nSPS) is 17.7. The van der Waals surface area contributed by atoms with E-state index in [2.05, 4.69) is 4.57 Å². The van der Waals surface area contributed by atoms with Gasteiger partial charge in [0, 0.05) is 42.5 Å². The van der Waals surface area contributed by atoms with Crippen molar-refractivity contribution in [1.29, 1.82) is 0 Å². The topological polar surface area (TPSA) is 82.8 Å². The smallest absolute Gasteiger partial charge is 0.327 e. The number of carbonyl (C=O) groups is 3. The minimum absolute atomic E-state index is 0.0880. The van der Waals surface area contributed by atoms with Crippen molar-refractivity contribution < 1.29 is 23.9 Å². The van der Waals surface area contributed by atoms with Crippen LogP contribution in [0, 0.1) is 5.82 Å². The molecule has 1 atom stereocenters. The van der Waals surface area contributed by atoms with Crippen LogP contribution in [0.15, 0.2) is 48.5 Å². The Morgan fingerprint density at radius 1 is 1.09 bits per heavy atom. The number of rotatable bonds is 6. The number of imide groups is 1. The van der Waals surface area contributed by atoms with Gasteiger partial charge in [-0.15, -0.1) is 0 Å². The summed E-state index contributed by atoms with van der Waals surface area (Å²) >= 11 is 0. The zero-order valence-electron chi connectivity index (χ0n) is 17.3. The fourth-order valence-electron chi connectivity index (χ4n) is 4.81. The molecule has 0 radical (unpaired) electrons. The Balaban J connectivity index is 1.49. The van der Waals surface area contributed by atoms with E-state index in [-0.39, 0.29) is 37.1 Å². The predicted molar refractivity (Wildman–Crippen MR) is 114 cm³/mol. The first-order valence-electron chi connectivity index (χ1n) is 10.6. The number of para-hydroxylation sites is 1. The Morgan fingerprint density at radius 3 is 2.59 bits per heavy atom. The van der Waals surface area contributed by atoms with E-state index in [0.29, 0.717) is 19.5 Å². The standard InChI is InChI=1S/C24H22FN3O4/c25-16-9-7-15(8-10-16)13-27-19-5-2-1-4-17(19)18-12-20-23(31)26(11-3-6-22(29)30)24(32)28(20)14-21(18)27/h1-2,4-5,7-10,20H,3,6,11-14H2,(H,29,30)/t20-/m0/s1. The predicted octanol–water partition coefficient (Wildman–Crippen LogP) is 3.38. The molecule has 2 aliphatic rings. The van der Waals surface area contributed by atoms with Crippen LogP contribution >= 0.6 is 0 Å². The number of benzene rings is 2. The van der Waals surface area contributed by atoms with Crippen LogP contribution < -0.4 is 0 Å². The molecule has 3 aromatic rings. The molecule has 2 aliphatic heterocycles. The second-order valence-corrected chi connectivity index (χ2v) is 8.27. The van der Waals surface area contributed by atoms with Gasteiger partial charge < -0.3 is 14.6 Å². The number of carbonyl (C=O) groups excluding carboxylic acids is 2. The summed E-state index contributed by atoms with van der Waals surface area (Å²) in [6, 6.07) is 13.4. The van der Waals surface area contributed by atoms with Crippen LogP contribution in [0.2, 0.25) is 0 Å². The Morgan fingerprint density at radius 2 is 1.84 bits per heavy atom. The summed E-state index contributed by atoms with van der Waals surface area (Å²) in [6.45, 7) is 0.937. The lowest BCUT2D eigenvalue weighted by Crippen LogP contribution is -2.40.